The maximum Gasteiger partial charge on any atom is 0.176 e. The van der Waals surface area contributed by atoms with Gasteiger partial charge in [-0.2, -0.15) is 0 Å². The summed E-state index contributed by atoms with van der Waals surface area (Å²) in [6.45, 7) is 7.97. The summed E-state index contributed by atoms with van der Waals surface area (Å²) >= 11 is 0. The van der Waals surface area contributed by atoms with E-state index >= 15 is 0 Å². The van der Waals surface area contributed by atoms with Crippen molar-refractivity contribution in [2.45, 2.75) is 39.5 Å². The summed E-state index contributed by atoms with van der Waals surface area (Å²) in [6.07, 6.45) is 0.667. The number of benzene rings is 1. The lowest BCUT2D eigenvalue weighted by atomic mass is 10.1. The second kappa shape index (κ2) is 9.75. The van der Waals surface area contributed by atoms with Crippen LogP contribution in [0.1, 0.15) is 38.8 Å². The molecule has 0 amide bonds. The van der Waals surface area contributed by atoms with Crippen molar-refractivity contribution in [2.75, 3.05) is 26.9 Å². The third-order valence-electron chi connectivity index (χ3n) is 2.96. The topological polar surface area (TPSA) is 39.7 Å². The van der Waals surface area contributed by atoms with Gasteiger partial charge in [0, 0.05) is 18.8 Å². The Morgan fingerprint density at radius 3 is 2.25 bits per heavy atom. The number of ether oxygens (including phenoxy) is 3. The van der Waals surface area contributed by atoms with Crippen molar-refractivity contribution < 1.29 is 14.2 Å². The number of hydrogen-bond donors (Lipinski definition) is 1. The first-order valence-electron chi connectivity index (χ1n) is 7.40. The lowest BCUT2D eigenvalue weighted by molar-refractivity contribution is -0.154. The van der Waals surface area contributed by atoms with E-state index in [1.165, 1.54) is 0 Å². The van der Waals surface area contributed by atoms with Gasteiger partial charge in [0.05, 0.1) is 12.6 Å². The normalized spacial score (nSPS) is 12.7. The lowest BCUT2D eigenvalue weighted by Crippen LogP contribution is -2.34. The minimum atomic E-state index is -0.318. The van der Waals surface area contributed by atoms with Gasteiger partial charge in [-0.15, -0.1) is 0 Å². The molecule has 114 valence electrons. The minimum absolute atomic E-state index is 0.0528. The average Bonchev–Trinajstić information content (AvgIpc) is 2.47. The molecule has 1 aromatic carbocycles. The molecule has 0 fully saturated rings. The quantitative estimate of drug-likeness (QED) is 0.669. The molecule has 1 rings (SSSR count). The Labute approximate surface area is 122 Å². The molecule has 0 saturated carbocycles. The molecule has 0 aliphatic rings. The molecule has 0 aliphatic carbocycles. The summed E-state index contributed by atoms with van der Waals surface area (Å²) in [4.78, 5) is 0. The predicted octanol–water partition coefficient (Wildman–Crippen LogP) is 3.14. The molecule has 0 aliphatic heterocycles. The lowest BCUT2D eigenvalue weighted by Gasteiger charge is -2.28. The summed E-state index contributed by atoms with van der Waals surface area (Å²) in [5.74, 6) is 0.887. The highest BCUT2D eigenvalue weighted by molar-refractivity contribution is 5.36. The zero-order chi connectivity index (χ0) is 14.8. The fourth-order valence-corrected chi connectivity index (χ4v) is 2.09. The molecule has 4 nitrogen and oxygen atoms in total. The highest BCUT2D eigenvalue weighted by Crippen LogP contribution is 2.29. The monoisotopic (exact) mass is 281 g/mol. The van der Waals surface area contributed by atoms with E-state index in [0.29, 0.717) is 19.8 Å². The van der Waals surface area contributed by atoms with Crippen molar-refractivity contribution in [2.24, 2.45) is 0 Å². The Bertz CT molecular complexity index is 364. The second-order valence-corrected chi connectivity index (χ2v) is 4.43. The van der Waals surface area contributed by atoms with Crippen LogP contribution in [0.4, 0.5) is 0 Å². The Morgan fingerprint density at radius 2 is 1.70 bits per heavy atom. The average molecular weight is 281 g/mol. The van der Waals surface area contributed by atoms with E-state index in [-0.39, 0.29) is 12.3 Å². The van der Waals surface area contributed by atoms with Gasteiger partial charge in [0.2, 0.25) is 0 Å². The van der Waals surface area contributed by atoms with Gasteiger partial charge in [0.25, 0.3) is 0 Å². The van der Waals surface area contributed by atoms with E-state index in [4.69, 9.17) is 14.2 Å². The molecular weight excluding hydrogens is 254 g/mol. The van der Waals surface area contributed by atoms with Gasteiger partial charge in [-0.05, 0) is 33.4 Å². The van der Waals surface area contributed by atoms with E-state index in [1.807, 2.05) is 39.1 Å². The van der Waals surface area contributed by atoms with Crippen LogP contribution in [0, 0.1) is 0 Å². The summed E-state index contributed by atoms with van der Waals surface area (Å²) in [7, 11) is 1.91. The van der Waals surface area contributed by atoms with Crippen LogP contribution < -0.4 is 10.1 Å². The fourth-order valence-electron chi connectivity index (χ4n) is 2.09. The highest BCUT2D eigenvalue weighted by Gasteiger charge is 2.25. The van der Waals surface area contributed by atoms with Gasteiger partial charge < -0.3 is 19.5 Å². The van der Waals surface area contributed by atoms with E-state index in [2.05, 4.69) is 18.3 Å². The molecule has 1 N–H and O–H groups in total. The molecule has 0 aromatic heterocycles. The molecule has 1 aromatic rings. The van der Waals surface area contributed by atoms with E-state index in [9.17, 15) is 0 Å². The number of para-hydroxylation sites is 1. The van der Waals surface area contributed by atoms with Crippen LogP contribution >= 0.6 is 0 Å². The van der Waals surface area contributed by atoms with E-state index < -0.39 is 0 Å². The third kappa shape index (κ3) is 4.78. The molecule has 1 unspecified atom stereocenters. The van der Waals surface area contributed by atoms with Crippen molar-refractivity contribution in [3.05, 3.63) is 29.8 Å². The molecule has 0 saturated heterocycles. The molecular formula is C16H27NO3. The SMILES string of the molecule is CCCOc1ccccc1C(NC)C(OCC)OCC. The van der Waals surface area contributed by atoms with Crippen LogP contribution in [-0.2, 0) is 9.47 Å². The van der Waals surface area contributed by atoms with Crippen molar-refractivity contribution >= 4 is 0 Å². The van der Waals surface area contributed by atoms with Gasteiger partial charge in [0.1, 0.15) is 5.75 Å². The summed E-state index contributed by atoms with van der Waals surface area (Å²) in [6, 6.07) is 7.98. The smallest absolute Gasteiger partial charge is 0.176 e. The van der Waals surface area contributed by atoms with Crippen LogP contribution in [0.2, 0.25) is 0 Å². The Kier molecular flexibility index (Phi) is 8.26. The van der Waals surface area contributed by atoms with Crippen molar-refractivity contribution in [1.29, 1.82) is 0 Å². The van der Waals surface area contributed by atoms with E-state index in [0.717, 1.165) is 17.7 Å². The predicted molar refractivity (Wildman–Crippen MR) is 81.1 cm³/mol. The largest absolute Gasteiger partial charge is 0.493 e. The molecule has 1 atom stereocenters. The Balaban J connectivity index is 2.96. The third-order valence-corrected chi connectivity index (χ3v) is 2.96. The standard InChI is InChI=1S/C16H27NO3/c1-5-12-20-14-11-9-8-10-13(14)15(17-4)16(18-6-2)19-7-3/h8-11,15-17H,5-7,12H2,1-4H3. The Morgan fingerprint density at radius 1 is 1.05 bits per heavy atom. The van der Waals surface area contributed by atoms with Crippen molar-refractivity contribution in [1.82, 2.24) is 5.32 Å². The minimum Gasteiger partial charge on any atom is -0.493 e. The summed E-state index contributed by atoms with van der Waals surface area (Å²) < 4.78 is 17.2. The molecule has 20 heavy (non-hydrogen) atoms. The van der Waals surface area contributed by atoms with Gasteiger partial charge in [-0.3, -0.25) is 0 Å². The van der Waals surface area contributed by atoms with Crippen molar-refractivity contribution in [3.63, 3.8) is 0 Å². The second-order valence-electron chi connectivity index (χ2n) is 4.43. The van der Waals surface area contributed by atoms with Crippen LogP contribution in [0.25, 0.3) is 0 Å². The van der Waals surface area contributed by atoms with Gasteiger partial charge in [-0.25, -0.2) is 0 Å². The van der Waals surface area contributed by atoms with Crippen LogP contribution in [-0.4, -0.2) is 33.2 Å². The zero-order valence-electron chi connectivity index (χ0n) is 13.0. The summed E-state index contributed by atoms with van der Waals surface area (Å²) in [5.41, 5.74) is 1.07. The number of nitrogens with one attached hydrogen (secondary N) is 1. The summed E-state index contributed by atoms with van der Waals surface area (Å²) in [5, 5.41) is 3.27. The molecule has 4 heteroatoms. The number of hydrogen-bond acceptors (Lipinski definition) is 4. The first-order valence-corrected chi connectivity index (χ1v) is 7.40. The number of likely N-dealkylation sites (N-methyl/N-ethyl adjacent to an activating group) is 1. The molecule has 0 heterocycles. The molecule has 0 bridgehead atoms. The van der Waals surface area contributed by atoms with Crippen molar-refractivity contribution in [3.8, 4) is 5.75 Å². The maximum absolute atomic E-state index is 5.82. The zero-order valence-corrected chi connectivity index (χ0v) is 13.0. The van der Waals surface area contributed by atoms with Crippen LogP contribution in [0.3, 0.4) is 0 Å². The fraction of sp³-hybridized carbons (Fsp3) is 0.625. The highest BCUT2D eigenvalue weighted by atomic mass is 16.7. The Hall–Kier alpha value is -1.10. The van der Waals surface area contributed by atoms with Gasteiger partial charge >= 0.3 is 0 Å². The first-order chi connectivity index (χ1) is 9.78. The molecule has 0 radical (unpaired) electrons. The van der Waals surface area contributed by atoms with Gasteiger partial charge in [0.15, 0.2) is 6.29 Å². The first kappa shape index (κ1) is 17.0. The van der Waals surface area contributed by atoms with Crippen LogP contribution in [0.5, 0.6) is 5.75 Å². The van der Waals surface area contributed by atoms with E-state index in [1.54, 1.807) is 0 Å². The van der Waals surface area contributed by atoms with Gasteiger partial charge in [-0.1, -0.05) is 25.1 Å². The molecule has 0 spiro atoms. The number of rotatable bonds is 10. The maximum atomic E-state index is 5.82. The van der Waals surface area contributed by atoms with Crippen LogP contribution in [0.15, 0.2) is 24.3 Å².